The van der Waals surface area contributed by atoms with Crippen LogP contribution in [-0.2, 0) is 4.79 Å². The zero-order chi connectivity index (χ0) is 9.97. The van der Waals surface area contributed by atoms with Crippen molar-refractivity contribution in [2.75, 3.05) is 32.7 Å². The molecule has 2 saturated heterocycles. The summed E-state index contributed by atoms with van der Waals surface area (Å²) in [6.45, 7) is 3.26. The van der Waals surface area contributed by atoms with Crippen molar-refractivity contribution in [3.05, 3.63) is 0 Å². The lowest BCUT2D eigenvalue weighted by molar-refractivity contribution is -0.130. The minimum atomic E-state index is -0.113. The third-order valence-corrected chi connectivity index (χ3v) is 2.73. The molecule has 1 N–H and O–H groups in total. The number of hydrogen-bond donors (Lipinski definition) is 1. The van der Waals surface area contributed by atoms with E-state index in [2.05, 4.69) is 5.32 Å². The monoisotopic (exact) mass is 197 g/mol. The number of carbonyl (C=O) groups excluding carboxylic acids is 2. The average molecular weight is 197 g/mol. The quantitative estimate of drug-likeness (QED) is 0.657. The van der Waals surface area contributed by atoms with Gasteiger partial charge in [-0.3, -0.25) is 4.79 Å². The highest BCUT2D eigenvalue weighted by atomic mass is 16.2. The molecule has 2 fully saturated rings. The molecule has 14 heavy (non-hydrogen) atoms. The highest BCUT2D eigenvalue weighted by molar-refractivity contribution is 5.85. The molecule has 2 rings (SSSR count). The second kappa shape index (κ2) is 3.86. The van der Waals surface area contributed by atoms with E-state index < -0.39 is 0 Å². The lowest BCUT2D eigenvalue weighted by Crippen LogP contribution is -2.40. The van der Waals surface area contributed by atoms with E-state index in [4.69, 9.17) is 0 Å². The van der Waals surface area contributed by atoms with Crippen molar-refractivity contribution in [2.45, 2.75) is 12.8 Å². The van der Waals surface area contributed by atoms with Crippen molar-refractivity contribution in [3.63, 3.8) is 0 Å². The first kappa shape index (κ1) is 9.30. The first-order valence-electron chi connectivity index (χ1n) is 5.08. The minimum absolute atomic E-state index is 0.0829. The topological polar surface area (TPSA) is 52.7 Å². The zero-order valence-corrected chi connectivity index (χ0v) is 8.16. The standard InChI is InChI=1S/C9H15N3O2/c13-8(11-4-1-2-5-11)7-12-6-3-10-9(12)14/h1-7H2,(H,10,14). The molecule has 0 spiro atoms. The summed E-state index contributed by atoms with van der Waals surface area (Å²) in [5, 5.41) is 2.68. The van der Waals surface area contributed by atoms with Crippen molar-refractivity contribution in [2.24, 2.45) is 0 Å². The molecule has 0 aliphatic carbocycles. The van der Waals surface area contributed by atoms with Crippen LogP contribution in [-0.4, -0.2) is 54.5 Å². The number of carbonyl (C=O) groups is 2. The molecular formula is C9H15N3O2. The van der Waals surface area contributed by atoms with Crippen molar-refractivity contribution < 1.29 is 9.59 Å². The fourth-order valence-corrected chi connectivity index (χ4v) is 1.89. The average Bonchev–Trinajstić information content (AvgIpc) is 2.77. The number of urea groups is 1. The molecule has 0 atom stereocenters. The smallest absolute Gasteiger partial charge is 0.317 e. The summed E-state index contributed by atoms with van der Waals surface area (Å²) in [6.07, 6.45) is 2.19. The van der Waals surface area contributed by atoms with E-state index in [1.54, 1.807) is 4.90 Å². The van der Waals surface area contributed by atoms with Crippen LogP contribution < -0.4 is 5.32 Å². The van der Waals surface area contributed by atoms with Gasteiger partial charge in [-0.15, -0.1) is 0 Å². The Balaban J connectivity index is 1.84. The van der Waals surface area contributed by atoms with Crippen molar-refractivity contribution in [3.8, 4) is 0 Å². The van der Waals surface area contributed by atoms with Gasteiger partial charge in [0.2, 0.25) is 5.91 Å². The van der Waals surface area contributed by atoms with E-state index in [1.807, 2.05) is 4.90 Å². The maximum Gasteiger partial charge on any atom is 0.317 e. The number of amides is 3. The first-order valence-corrected chi connectivity index (χ1v) is 5.08. The van der Waals surface area contributed by atoms with Crippen LogP contribution in [0.2, 0.25) is 0 Å². The summed E-state index contributed by atoms with van der Waals surface area (Å²) in [7, 11) is 0. The fraction of sp³-hybridized carbons (Fsp3) is 0.778. The molecular weight excluding hydrogens is 182 g/mol. The van der Waals surface area contributed by atoms with Crippen molar-refractivity contribution in [1.29, 1.82) is 0 Å². The number of rotatable bonds is 2. The third kappa shape index (κ3) is 1.81. The largest absolute Gasteiger partial charge is 0.341 e. The second-order valence-corrected chi connectivity index (χ2v) is 3.74. The molecule has 0 bridgehead atoms. The number of nitrogens with one attached hydrogen (secondary N) is 1. The lowest BCUT2D eigenvalue weighted by atomic mass is 10.4. The van der Waals surface area contributed by atoms with Crippen molar-refractivity contribution in [1.82, 2.24) is 15.1 Å². The van der Waals surface area contributed by atoms with E-state index in [-0.39, 0.29) is 18.5 Å². The molecule has 5 nitrogen and oxygen atoms in total. The maximum absolute atomic E-state index is 11.7. The summed E-state index contributed by atoms with van der Waals surface area (Å²) in [5.74, 6) is 0.0829. The van der Waals surface area contributed by atoms with Crippen molar-refractivity contribution >= 4 is 11.9 Å². The second-order valence-electron chi connectivity index (χ2n) is 3.74. The maximum atomic E-state index is 11.7. The Morgan fingerprint density at radius 3 is 2.57 bits per heavy atom. The Morgan fingerprint density at radius 1 is 1.29 bits per heavy atom. The molecule has 2 aliphatic rings. The van der Waals surface area contributed by atoms with Crippen LogP contribution in [0.3, 0.4) is 0 Å². The SMILES string of the molecule is O=C(CN1CCNC1=O)N1CCCC1. The van der Waals surface area contributed by atoms with Crippen LogP contribution in [0.5, 0.6) is 0 Å². The molecule has 0 radical (unpaired) electrons. The van der Waals surface area contributed by atoms with E-state index in [0.717, 1.165) is 25.9 Å². The molecule has 3 amide bonds. The Bertz CT molecular complexity index is 248. The summed E-state index contributed by atoms with van der Waals surface area (Å²) < 4.78 is 0. The molecule has 0 unspecified atom stereocenters. The van der Waals surface area contributed by atoms with Gasteiger partial charge in [-0.05, 0) is 12.8 Å². The molecule has 0 saturated carbocycles. The summed E-state index contributed by atoms with van der Waals surface area (Å²) in [5.41, 5.74) is 0. The Hall–Kier alpha value is -1.26. The van der Waals surface area contributed by atoms with Gasteiger partial charge in [-0.1, -0.05) is 0 Å². The third-order valence-electron chi connectivity index (χ3n) is 2.73. The fourth-order valence-electron chi connectivity index (χ4n) is 1.89. The van der Waals surface area contributed by atoms with E-state index in [1.165, 1.54) is 0 Å². The highest BCUT2D eigenvalue weighted by Crippen LogP contribution is 2.08. The Labute approximate surface area is 83.0 Å². The molecule has 0 aromatic heterocycles. The van der Waals surface area contributed by atoms with E-state index >= 15 is 0 Å². The molecule has 0 aromatic carbocycles. The van der Waals surface area contributed by atoms with Gasteiger partial charge in [0.25, 0.3) is 0 Å². The summed E-state index contributed by atoms with van der Waals surface area (Å²) >= 11 is 0. The zero-order valence-electron chi connectivity index (χ0n) is 8.16. The predicted octanol–water partition coefficient (Wildman–Crippen LogP) is -0.366. The summed E-state index contributed by atoms with van der Waals surface area (Å²) in [6, 6.07) is -0.113. The molecule has 2 aliphatic heterocycles. The van der Waals surface area contributed by atoms with E-state index in [0.29, 0.717) is 13.1 Å². The van der Waals surface area contributed by atoms with Gasteiger partial charge in [0.15, 0.2) is 0 Å². The molecule has 78 valence electrons. The minimum Gasteiger partial charge on any atom is -0.341 e. The number of likely N-dealkylation sites (tertiary alicyclic amines) is 1. The summed E-state index contributed by atoms with van der Waals surface area (Å²) in [4.78, 5) is 26.2. The molecule has 0 aromatic rings. The van der Waals surface area contributed by atoms with Gasteiger partial charge < -0.3 is 15.1 Å². The lowest BCUT2D eigenvalue weighted by Gasteiger charge is -2.19. The normalized spacial score (nSPS) is 21.6. The van der Waals surface area contributed by atoms with Crippen LogP contribution in [0.4, 0.5) is 4.79 Å². The van der Waals surface area contributed by atoms with Gasteiger partial charge in [0.1, 0.15) is 6.54 Å². The van der Waals surface area contributed by atoms with Gasteiger partial charge in [0, 0.05) is 26.2 Å². The highest BCUT2D eigenvalue weighted by Gasteiger charge is 2.25. The van der Waals surface area contributed by atoms with Crippen LogP contribution >= 0.6 is 0 Å². The van der Waals surface area contributed by atoms with Crippen LogP contribution in [0, 0.1) is 0 Å². The van der Waals surface area contributed by atoms with Gasteiger partial charge in [-0.2, -0.15) is 0 Å². The van der Waals surface area contributed by atoms with Crippen LogP contribution in [0.1, 0.15) is 12.8 Å². The van der Waals surface area contributed by atoms with Crippen LogP contribution in [0.15, 0.2) is 0 Å². The van der Waals surface area contributed by atoms with E-state index in [9.17, 15) is 9.59 Å². The Morgan fingerprint density at radius 2 is 2.00 bits per heavy atom. The van der Waals surface area contributed by atoms with Gasteiger partial charge in [0.05, 0.1) is 0 Å². The molecule has 5 heteroatoms. The van der Waals surface area contributed by atoms with Crippen LogP contribution in [0.25, 0.3) is 0 Å². The number of hydrogen-bond acceptors (Lipinski definition) is 2. The predicted molar refractivity (Wildman–Crippen MR) is 50.8 cm³/mol. The number of nitrogens with zero attached hydrogens (tertiary/aromatic N) is 2. The Kier molecular flexibility index (Phi) is 2.56. The molecule has 2 heterocycles. The first-order chi connectivity index (χ1) is 6.77. The van der Waals surface area contributed by atoms with Gasteiger partial charge >= 0.3 is 6.03 Å². The van der Waals surface area contributed by atoms with Gasteiger partial charge in [-0.25, -0.2) is 4.79 Å².